The molecule has 2 amide bonds. The maximum Gasteiger partial charge on any atom is 0.407 e. The van der Waals surface area contributed by atoms with Crippen molar-refractivity contribution in [3.05, 3.63) is 71.8 Å². The third-order valence-electron chi connectivity index (χ3n) is 5.95. The van der Waals surface area contributed by atoms with Gasteiger partial charge in [-0.15, -0.1) is 11.8 Å². The van der Waals surface area contributed by atoms with Crippen molar-refractivity contribution in [2.24, 2.45) is 0 Å². The number of alkyl carbamates (subject to hydrolysis) is 1. The number of rotatable bonds is 7. The first-order valence-corrected chi connectivity index (χ1v) is 12.0. The van der Waals surface area contributed by atoms with Gasteiger partial charge in [0.05, 0.1) is 5.37 Å². The molecule has 2 N–H and O–H groups in total. The van der Waals surface area contributed by atoms with Crippen LogP contribution in [0.15, 0.2) is 60.7 Å². The molecule has 0 aromatic heterocycles. The number of carboxylic acid groups (broad SMARTS) is 1. The van der Waals surface area contributed by atoms with E-state index in [4.69, 9.17) is 4.74 Å². The minimum absolute atomic E-state index is 0.0214. The number of carboxylic acids is 1. The first kappa shape index (κ1) is 22.9. The van der Waals surface area contributed by atoms with Crippen molar-refractivity contribution in [2.75, 3.05) is 18.9 Å². The summed E-state index contributed by atoms with van der Waals surface area (Å²) in [5, 5.41) is 11.8. The van der Waals surface area contributed by atoms with Crippen molar-refractivity contribution in [3.63, 3.8) is 0 Å². The predicted octanol–water partition coefficient (Wildman–Crippen LogP) is 3.85. The number of carbonyl (C=O) groups is 3. The van der Waals surface area contributed by atoms with Crippen molar-refractivity contribution in [2.45, 2.75) is 30.7 Å². The van der Waals surface area contributed by atoms with Gasteiger partial charge in [0.2, 0.25) is 5.91 Å². The molecule has 1 saturated heterocycles. The molecule has 4 rings (SSSR count). The van der Waals surface area contributed by atoms with Crippen LogP contribution in [0.2, 0.25) is 0 Å². The number of nitrogens with zero attached hydrogens (tertiary/aromatic N) is 1. The summed E-state index contributed by atoms with van der Waals surface area (Å²) in [6, 6.07) is 15.4. The molecule has 0 spiro atoms. The summed E-state index contributed by atoms with van der Waals surface area (Å²) >= 11 is 1.47. The van der Waals surface area contributed by atoms with E-state index in [1.54, 1.807) is 0 Å². The standard InChI is InChI=1S/C25H26N2O5S/c1-2-23-27(21(15-33-23)24(29)30)22(28)12-7-13-26-25(31)32-14-20-18-10-5-3-8-16(18)17-9-4-6-11-19(17)20/h3-12,20-21,23H,2,13-15H2,1H3,(H,26,31)(H,29,30)/b12-7+. The highest BCUT2D eigenvalue weighted by Gasteiger charge is 2.39. The average molecular weight is 467 g/mol. The van der Waals surface area contributed by atoms with Crippen LogP contribution in [0.3, 0.4) is 0 Å². The Balaban J connectivity index is 1.29. The van der Waals surface area contributed by atoms with Crippen LogP contribution in [0.1, 0.15) is 30.4 Å². The Hall–Kier alpha value is -3.26. The summed E-state index contributed by atoms with van der Waals surface area (Å²) < 4.78 is 5.47. The average Bonchev–Trinajstić information content (AvgIpc) is 3.40. The van der Waals surface area contributed by atoms with Gasteiger partial charge < -0.3 is 20.1 Å². The van der Waals surface area contributed by atoms with E-state index in [9.17, 15) is 19.5 Å². The van der Waals surface area contributed by atoms with Gasteiger partial charge in [0.15, 0.2) is 0 Å². The molecule has 1 aliphatic carbocycles. The number of nitrogens with one attached hydrogen (secondary N) is 1. The van der Waals surface area contributed by atoms with Crippen LogP contribution in [0.4, 0.5) is 4.79 Å². The molecule has 33 heavy (non-hydrogen) atoms. The van der Waals surface area contributed by atoms with Crippen LogP contribution >= 0.6 is 11.8 Å². The van der Waals surface area contributed by atoms with E-state index in [2.05, 4.69) is 29.6 Å². The summed E-state index contributed by atoms with van der Waals surface area (Å²) in [5.41, 5.74) is 4.60. The van der Waals surface area contributed by atoms with Gasteiger partial charge in [-0.3, -0.25) is 4.79 Å². The van der Waals surface area contributed by atoms with Crippen molar-refractivity contribution in [3.8, 4) is 11.1 Å². The molecule has 0 radical (unpaired) electrons. The Morgan fingerprint density at radius 2 is 1.76 bits per heavy atom. The number of aliphatic carboxylic acids is 1. The first-order chi connectivity index (χ1) is 16.0. The number of fused-ring (bicyclic) bond motifs is 3. The number of thioether (sulfide) groups is 1. The van der Waals surface area contributed by atoms with Gasteiger partial charge in [0.25, 0.3) is 0 Å². The van der Waals surface area contributed by atoms with E-state index < -0.39 is 18.1 Å². The topological polar surface area (TPSA) is 95.9 Å². The van der Waals surface area contributed by atoms with Crippen molar-refractivity contribution in [1.82, 2.24) is 10.2 Å². The van der Waals surface area contributed by atoms with E-state index >= 15 is 0 Å². The zero-order valence-corrected chi connectivity index (χ0v) is 19.1. The zero-order valence-electron chi connectivity index (χ0n) is 18.3. The number of carbonyl (C=O) groups excluding carboxylic acids is 2. The molecule has 1 fully saturated rings. The molecule has 172 valence electrons. The van der Waals surface area contributed by atoms with Crippen LogP contribution in [-0.4, -0.2) is 58.3 Å². The highest BCUT2D eigenvalue weighted by atomic mass is 32.2. The molecule has 2 aromatic carbocycles. The SMILES string of the molecule is CCC1SCC(C(=O)O)N1C(=O)/C=C/CNC(=O)OCC1c2ccccc2-c2ccccc21. The maximum absolute atomic E-state index is 12.5. The highest BCUT2D eigenvalue weighted by Crippen LogP contribution is 2.44. The van der Waals surface area contributed by atoms with Gasteiger partial charge in [-0.05, 0) is 28.7 Å². The van der Waals surface area contributed by atoms with Gasteiger partial charge >= 0.3 is 12.1 Å². The molecule has 8 heteroatoms. The van der Waals surface area contributed by atoms with E-state index in [-0.39, 0.29) is 30.4 Å². The van der Waals surface area contributed by atoms with Crippen LogP contribution in [0.25, 0.3) is 11.1 Å². The number of ether oxygens (including phenoxy) is 1. The van der Waals surface area contributed by atoms with E-state index in [0.717, 1.165) is 22.3 Å². The Bertz CT molecular complexity index is 1040. The van der Waals surface area contributed by atoms with Crippen molar-refractivity contribution >= 4 is 29.7 Å². The fourth-order valence-corrected chi connectivity index (χ4v) is 5.76. The second kappa shape index (κ2) is 10.1. The molecule has 0 saturated carbocycles. The lowest BCUT2D eigenvalue weighted by molar-refractivity contribution is -0.147. The van der Waals surface area contributed by atoms with Crippen LogP contribution in [0, 0.1) is 0 Å². The van der Waals surface area contributed by atoms with E-state index in [1.165, 1.54) is 28.8 Å². The maximum atomic E-state index is 12.5. The summed E-state index contributed by atoms with van der Waals surface area (Å²) in [6.45, 7) is 2.24. The molecule has 2 unspecified atom stereocenters. The van der Waals surface area contributed by atoms with Gasteiger partial charge in [-0.1, -0.05) is 61.5 Å². The minimum Gasteiger partial charge on any atom is -0.480 e. The molecule has 2 aromatic rings. The van der Waals surface area contributed by atoms with Crippen LogP contribution in [-0.2, 0) is 14.3 Å². The molecule has 2 aliphatic rings. The lowest BCUT2D eigenvalue weighted by atomic mass is 9.98. The monoisotopic (exact) mass is 466 g/mol. The fraction of sp³-hybridized carbons (Fsp3) is 0.320. The third kappa shape index (κ3) is 4.75. The lowest BCUT2D eigenvalue weighted by Crippen LogP contribution is -2.44. The highest BCUT2D eigenvalue weighted by molar-refractivity contribution is 8.00. The number of hydrogen-bond donors (Lipinski definition) is 2. The second-order valence-electron chi connectivity index (χ2n) is 7.90. The Kier molecular flexibility index (Phi) is 7.03. The van der Waals surface area contributed by atoms with Crippen LogP contribution in [0.5, 0.6) is 0 Å². The molecular weight excluding hydrogens is 440 g/mol. The van der Waals surface area contributed by atoms with Crippen LogP contribution < -0.4 is 5.32 Å². The van der Waals surface area contributed by atoms with E-state index in [0.29, 0.717) is 12.2 Å². The lowest BCUT2D eigenvalue weighted by Gasteiger charge is -2.25. The second-order valence-corrected chi connectivity index (χ2v) is 9.12. The quantitative estimate of drug-likeness (QED) is 0.602. The molecule has 1 heterocycles. The number of benzene rings is 2. The number of amides is 2. The Labute approximate surface area is 196 Å². The fourth-order valence-electron chi connectivity index (χ4n) is 4.40. The molecule has 0 bridgehead atoms. The normalized spacial score (nSPS) is 19.4. The van der Waals surface area contributed by atoms with Gasteiger partial charge in [-0.25, -0.2) is 9.59 Å². The van der Waals surface area contributed by atoms with Gasteiger partial charge in [0.1, 0.15) is 12.6 Å². The predicted molar refractivity (Wildman–Crippen MR) is 127 cm³/mol. The molecule has 7 nitrogen and oxygen atoms in total. The Morgan fingerprint density at radius 3 is 2.36 bits per heavy atom. The van der Waals surface area contributed by atoms with Gasteiger partial charge in [-0.2, -0.15) is 0 Å². The van der Waals surface area contributed by atoms with E-state index in [1.807, 2.05) is 31.2 Å². The smallest absolute Gasteiger partial charge is 0.407 e. The van der Waals surface area contributed by atoms with Crippen molar-refractivity contribution < 1.29 is 24.2 Å². The first-order valence-electron chi connectivity index (χ1n) is 10.9. The zero-order chi connectivity index (χ0) is 23.4. The minimum atomic E-state index is -1.00. The molecular formula is C25H26N2O5S. The largest absolute Gasteiger partial charge is 0.480 e. The van der Waals surface area contributed by atoms with Gasteiger partial charge in [0, 0.05) is 24.3 Å². The third-order valence-corrected chi connectivity index (χ3v) is 7.40. The molecule has 1 aliphatic heterocycles. The van der Waals surface area contributed by atoms with Crippen molar-refractivity contribution in [1.29, 1.82) is 0 Å². The Morgan fingerprint density at radius 1 is 1.12 bits per heavy atom. The summed E-state index contributed by atoms with van der Waals surface area (Å²) in [4.78, 5) is 37.6. The summed E-state index contributed by atoms with van der Waals surface area (Å²) in [7, 11) is 0. The number of hydrogen-bond acceptors (Lipinski definition) is 5. The summed E-state index contributed by atoms with van der Waals surface area (Å²) in [5.74, 6) is -1.01. The summed E-state index contributed by atoms with van der Waals surface area (Å²) in [6.07, 6.45) is 2.93. The molecule has 2 atom stereocenters.